The maximum atomic E-state index is 7.95. The van der Waals surface area contributed by atoms with Crippen LogP contribution in [-0.2, 0) is 5.41 Å². The van der Waals surface area contributed by atoms with Crippen LogP contribution in [0.1, 0.15) is 41.7 Å². The Balaban J connectivity index is 0.000000208. The molecule has 4 nitrogen and oxygen atoms in total. The van der Waals surface area contributed by atoms with Crippen molar-refractivity contribution in [2.75, 3.05) is 0 Å². The first kappa shape index (κ1) is 35.9. The molecule has 0 spiro atoms. The van der Waals surface area contributed by atoms with E-state index in [2.05, 4.69) is 157 Å². The molecule has 0 atom stereocenters. The Morgan fingerprint density at radius 2 is 1.08 bits per heavy atom. The first-order chi connectivity index (χ1) is 28.8. The normalized spacial score (nSPS) is 13.0. The summed E-state index contributed by atoms with van der Waals surface area (Å²) in [6.07, 6.45) is 1.69. The first-order valence-electron chi connectivity index (χ1n) is 20.2. The zero-order chi connectivity index (χ0) is 40.3. The lowest BCUT2D eigenvalue weighted by Gasteiger charge is -2.22. The number of hydrogen-bond acceptors (Lipinski definition) is 2. The molecule has 11 rings (SSSR count). The van der Waals surface area contributed by atoms with Crippen molar-refractivity contribution in [2.24, 2.45) is 5.73 Å². The van der Waals surface area contributed by atoms with Gasteiger partial charge in [-0.05, 0) is 88.8 Å². The van der Waals surface area contributed by atoms with Crippen molar-refractivity contribution >= 4 is 55.0 Å². The van der Waals surface area contributed by atoms with Gasteiger partial charge in [-0.1, -0.05) is 159 Å². The summed E-state index contributed by atoms with van der Waals surface area (Å²) < 4.78 is 4.92. The van der Waals surface area contributed by atoms with Crippen LogP contribution in [0.15, 0.2) is 194 Å². The number of hydrogen-bond donors (Lipinski definition) is 2. The molecule has 59 heavy (non-hydrogen) atoms. The largest absolute Gasteiger partial charge is 0.398 e. The summed E-state index contributed by atoms with van der Waals surface area (Å²) in [7, 11) is 0. The van der Waals surface area contributed by atoms with Crippen LogP contribution in [0.2, 0.25) is 0 Å². The predicted octanol–water partition coefficient (Wildman–Crippen LogP) is 13.5. The summed E-state index contributed by atoms with van der Waals surface area (Å²) in [5.41, 5.74) is 23.0. The van der Waals surface area contributed by atoms with Gasteiger partial charge in [0.25, 0.3) is 0 Å². The number of rotatable bonds is 5. The maximum Gasteiger partial charge on any atom is 0.0632 e. The van der Waals surface area contributed by atoms with Crippen LogP contribution in [0.25, 0.3) is 71.8 Å². The molecule has 0 saturated heterocycles. The molecule has 0 radical (unpaired) electrons. The summed E-state index contributed by atoms with van der Waals surface area (Å²) in [6, 6.07) is 66.1. The van der Waals surface area contributed by atoms with Gasteiger partial charge in [0, 0.05) is 49.6 Å². The first-order valence-corrected chi connectivity index (χ1v) is 20.2. The van der Waals surface area contributed by atoms with E-state index in [1.165, 1.54) is 82.8 Å². The summed E-state index contributed by atoms with van der Waals surface area (Å²) in [4.78, 5) is 0. The Morgan fingerprint density at radius 1 is 0.525 bits per heavy atom. The van der Waals surface area contributed by atoms with Crippen LogP contribution >= 0.6 is 0 Å². The minimum Gasteiger partial charge on any atom is -0.398 e. The Labute approximate surface area is 344 Å². The molecule has 0 amide bonds. The molecule has 2 heterocycles. The van der Waals surface area contributed by atoms with E-state index in [-0.39, 0.29) is 5.41 Å². The molecule has 0 bridgehead atoms. The van der Waals surface area contributed by atoms with E-state index in [1.54, 1.807) is 6.08 Å². The van der Waals surface area contributed by atoms with Gasteiger partial charge in [-0.25, -0.2) is 0 Å². The van der Waals surface area contributed by atoms with Crippen LogP contribution < -0.4 is 5.73 Å². The topological polar surface area (TPSA) is 59.7 Å². The number of aromatic nitrogens is 2. The van der Waals surface area contributed by atoms with Gasteiger partial charge in [-0.3, -0.25) is 0 Å². The highest BCUT2D eigenvalue weighted by Gasteiger charge is 2.38. The van der Waals surface area contributed by atoms with Crippen LogP contribution in [0.3, 0.4) is 0 Å². The van der Waals surface area contributed by atoms with Gasteiger partial charge < -0.3 is 20.3 Å². The van der Waals surface area contributed by atoms with Gasteiger partial charge >= 0.3 is 0 Å². The monoisotopic (exact) mass is 760 g/mol. The second-order valence-corrected chi connectivity index (χ2v) is 16.0. The molecule has 0 fully saturated rings. The zero-order valence-electron chi connectivity index (χ0n) is 33.4. The molecule has 284 valence electrons. The molecule has 8 aromatic carbocycles. The number of para-hydroxylation sites is 3. The molecule has 2 aromatic heterocycles. The van der Waals surface area contributed by atoms with E-state index >= 15 is 0 Å². The number of allylic oxidation sites excluding steroid dienone is 1. The fraction of sp³-hybridized carbons (Fsp3) is 0.0727. The second kappa shape index (κ2) is 14.2. The number of nitrogens with zero attached hydrogens (tertiary/aromatic N) is 2. The quantitative estimate of drug-likeness (QED) is 0.169. The average molecular weight is 761 g/mol. The number of aryl methyl sites for hydroxylation is 1. The standard InChI is InChI=1S/C40H30N2.C15H14N2/c1-25-23-33-38(29-16-7-10-18-32(29)40(33,2)3)39-37(25)30-17-9-12-20-35(30)42(39)27-21-22-36-31(24-27)28-15-8-11-19-34(28)41(36)26-13-5-4-6-14-26;16-14(12-7-3-1-4-8-12)11-15(17)13-9-5-2-6-10-13/h4-24H,1-3H3;1-11,16H,17H2/b;15-11-,16-14?. The number of nitrogens with one attached hydrogen (secondary N) is 1. The molecule has 1 aliphatic carbocycles. The summed E-state index contributed by atoms with van der Waals surface area (Å²) in [5, 5.41) is 13.1. The molecular formula is C55H44N4. The van der Waals surface area contributed by atoms with Gasteiger partial charge in [0.15, 0.2) is 0 Å². The van der Waals surface area contributed by atoms with E-state index in [1.807, 2.05) is 60.7 Å². The zero-order valence-corrected chi connectivity index (χ0v) is 33.4. The van der Waals surface area contributed by atoms with Crippen molar-refractivity contribution in [3.8, 4) is 22.5 Å². The van der Waals surface area contributed by atoms with E-state index in [4.69, 9.17) is 11.1 Å². The Hall–Kier alpha value is -7.43. The van der Waals surface area contributed by atoms with Crippen LogP contribution in [0, 0.1) is 12.3 Å². The van der Waals surface area contributed by atoms with Gasteiger partial charge in [-0.15, -0.1) is 0 Å². The lowest BCUT2D eigenvalue weighted by Crippen LogP contribution is -2.15. The van der Waals surface area contributed by atoms with E-state index in [0.717, 1.165) is 11.1 Å². The van der Waals surface area contributed by atoms with Crippen LogP contribution in [-0.4, -0.2) is 14.8 Å². The Kier molecular flexibility index (Phi) is 8.65. The minimum absolute atomic E-state index is 0.0563. The number of fused-ring (bicyclic) bond motifs is 10. The third-order valence-corrected chi connectivity index (χ3v) is 12.1. The Bertz CT molecular complexity index is 3260. The minimum atomic E-state index is -0.0563. The number of benzene rings is 8. The van der Waals surface area contributed by atoms with Crippen molar-refractivity contribution in [1.82, 2.24) is 9.13 Å². The van der Waals surface area contributed by atoms with Gasteiger partial charge in [0.1, 0.15) is 0 Å². The lowest BCUT2D eigenvalue weighted by atomic mass is 9.81. The van der Waals surface area contributed by atoms with E-state index in [9.17, 15) is 0 Å². The average Bonchev–Trinajstić information content (AvgIpc) is 3.88. The van der Waals surface area contributed by atoms with E-state index < -0.39 is 0 Å². The van der Waals surface area contributed by atoms with Gasteiger partial charge in [0.05, 0.1) is 27.8 Å². The number of nitrogens with two attached hydrogens (primary N) is 1. The van der Waals surface area contributed by atoms with Crippen molar-refractivity contribution in [1.29, 1.82) is 5.41 Å². The summed E-state index contributed by atoms with van der Waals surface area (Å²) in [6.45, 7) is 7.04. The van der Waals surface area contributed by atoms with Crippen molar-refractivity contribution < 1.29 is 0 Å². The molecule has 0 saturated carbocycles. The fourth-order valence-electron chi connectivity index (χ4n) is 9.31. The van der Waals surface area contributed by atoms with Gasteiger partial charge in [0.2, 0.25) is 0 Å². The Morgan fingerprint density at radius 3 is 1.80 bits per heavy atom. The molecule has 4 heteroatoms. The molecule has 10 aromatic rings. The molecule has 0 aliphatic heterocycles. The van der Waals surface area contributed by atoms with Crippen LogP contribution in [0.4, 0.5) is 0 Å². The predicted molar refractivity (Wildman–Crippen MR) is 249 cm³/mol. The van der Waals surface area contributed by atoms with Crippen molar-refractivity contribution in [3.63, 3.8) is 0 Å². The highest BCUT2D eigenvalue weighted by Crippen LogP contribution is 2.53. The third kappa shape index (κ3) is 5.87. The lowest BCUT2D eigenvalue weighted by molar-refractivity contribution is 0.660. The molecule has 0 unspecified atom stereocenters. The SMILES string of the molecule is Cc1cc2c(c3c1c1ccccc1n3-c1ccc3c(c1)c1ccccc1n3-c1ccccc1)-c1ccccc1C2(C)C.N=C(/C=C(\N)c1ccccc1)c1ccccc1. The van der Waals surface area contributed by atoms with Crippen molar-refractivity contribution in [2.45, 2.75) is 26.2 Å². The smallest absolute Gasteiger partial charge is 0.0632 e. The molecular weight excluding hydrogens is 717 g/mol. The fourth-order valence-corrected chi connectivity index (χ4v) is 9.31. The highest BCUT2D eigenvalue weighted by molar-refractivity contribution is 6.18. The third-order valence-electron chi connectivity index (χ3n) is 12.1. The second-order valence-electron chi connectivity index (χ2n) is 16.0. The maximum absolute atomic E-state index is 7.95. The van der Waals surface area contributed by atoms with E-state index in [0.29, 0.717) is 11.4 Å². The van der Waals surface area contributed by atoms with Gasteiger partial charge in [-0.2, -0.15) is 0 Å². The highest BCUT2D eigenvalue weighted by atomic mass is 15.0. The molecule has 3 N–H and O–H groups in total. The van der Waals surface area contributed by atoms with Crippen LogP contribution in [0.5, 0.6) is 0 Å². The summed E-state index contributed by atoms with van der Waals surface area (Å²) in [5.74, 6) is 0. The van der Waals surface area contributed by atoms with Crippen molar-refractivity contribution in [3.05, 3.63) is 222 Å². The summed E-state index contributed by atoms with van der Waals surface area (Å²) >= 11 is 0. The molecule has 1 aliphatic rings.